The summed E-state index contributed by atoms with van der Waals surface area (Å²) < 4.78 is 15.3. The van der Waals surface area contributed by atoms with Crippen molar-refractivity contribution in [3.63, 3.8) is 0 Å². The molecule has 0 unspecified atom stereocenters. The van der Waals surface area contributed by atoms with Gasteiger partial charge in [0.05, 0.1) is 11.7 Å². The highest BCUT2D eigenvalue weighted by Crippen LogP contribution is 2.51. The normalized spacial score (nSPS) is 26.1. The van der Waals surface area contributed by atoms with Crippen molar-refractivity contribution in [3.05, 3.63) is 76.0 Å². The molecule has 4 rings (SSSR count). The van der Waals surface area contributed by atoms with Gasteiger partial charge in [0, 0.05) is 10.4 Å². The maximum absolute atomic E-state index is 14.2. The predicted molar refractivity (Wildman–Crippen MR) is 86.9 cm³/mol. The first-order chi connectivity index (χ1) is 10.3. The lowest BCUT2D eigenvalue weighted by molar-refractivity contribution is 0.420. The van der Waals surface area contributed by atoms with E-state index in [4.69, 9.17) is 0 Å². The highest BCUT2D eigenvalue weighted by atomic mass is 79.9. The molecular weight excluding hydrogens is 329 g/mol. The third-order valence-corrected chi connectivity index (χ3v) is 5.31. The quantitative estimate of drug-likeness (QED) is 0.682. The summed E-state index contributed by atoms with van der Waals surface area (Å²) in [5, 5.41) is 3.45. The Morgan fingerprint density at radius 3 is 2.71 bits per heavy atom. The third kappa shape index (κ3) is 2.03. The highest BCUT2D eigenvalue weighted by Gasteiger charge is 2.39. The van der Waals surface area contributed by atoms with Crippen molar-refractivity contribution in [3.8, 4) is 0 Å². The number of allylic oxidation sites excluding steroid dienone is 2. The van der Waals surface area contributed by atoms with E-state index in [1.807, 2.05) is 24.3 Å². The molecule has 3 atom stereocenters. The molecule has 21 heavy (non-hydrogen) atoms. The average Bonchev–Trinajstić information content (AvgIpc) is 2.97. The van der Waals surface area contributed by atoms with Crippen LogP contribution in [0.4, 0.5) is 10.1 Å². The van der Waals surface area contributed by atoms with Gasteiger partial charge in [-0.2, -0.15) is 0 Å². The molecule has 1 heterocycles. The molecule has 0 aromatic heterocycles. The molecule has 1 N–H and O–H groups in total. The molecule has 0 fully saturated rings. The van der Waals surface area contributed by atoms with Crippen LogP contribution >= 0.6 is 15.9 Å². The van der Waals surface area contributed by atoms with Crippen molar-refractivity contribution in [1.82, 2.24) is 0 Å². The molecule has 3 heteroatoms. The van der Waals surface area contributed by atoms with Gasteiger partial charge in [-0.05, 0) is 35.6 Å². The lowest BCUT2D eigenvalue weighted by atomic mass is 9.77. The first-order valence-corrected chi connectivity index (χ1v) is 8.01. The van der Waals surface area contributed by atoms with Crippen LogP contribution in [-0.2, 0) is 0 Å². The number of rotatable bonds is 1. The summed E-state index contributed by atoms with van der Waals surface area (Å²) in [6, 6.07) is 13.7. The second-order valence-corrected chi connectivity index (χ2v) is 6.56. The second kappa shape index (κ2) is 4.99. The second-order valence-electron chi connectivity index (χ2n) is 5.70. The molecule has 0 saturated heterocycles. The Balaban J connectivity index is 1.85. The molecule has 106 valence electrons. The number of benzene rings is 2. The zero-order valence-corrected chi connectivity index (χ0v) is 13.0. The fourth-order valence-electron chi connectivity index (χ4n) is 3.62. The van der Waals surface area contributed by atoms with Crippen LogP contribution in [0.25, 0.3) is 0 Å². The molecule has 0 spiro atoms. The molecule has 1 aliphatic heterocycles. The van der Waals surface area contributed by atoms with E-state index in [1.165, 1.54) is 11.6 Å². The van der Waals surface area contributed by atoms with Crippen LogP contribution in [0, 0.1) is 11.7 Å². The van der Waals surface area contributed by atoms with Crippen LogP contribution in [0.15, 0.2) is 59.1 Å². The SMILES string of the molecule is Fc1cccc2c1N[C@@H](c1ccccc1Br)[C@H]1CC=C[C@@H]21. The van der Waals surface area contributed by atoms with Gasteiger partial charge in [-0.3, -0.25) is 0 Å². The molecule has 2 aromatic rings. The molecule has 0 radical (unpaired) electrons. The van der Waals surface area contributed by atoms with Crippen LogP contribution in [0.1, 0.15) is 29.5 Å². The summed E-state index contributed by atoms with van der Waals surface area (Å²) in [7, 11) is 0. The van der Waals surface area contributed by atoms with Gasteiger partial charge in [-0.1, -0.05) is 58.4 Å². The van der Waals surface area contributed by atoms with E-state index in [1.54, 1.807) is 6.07 Å². The van der Waals surface area contributed by atoms with Crippen LogP contribution in [0.5, 0.6) is 0 Å². The van der Waals surface area contributed by atoms with Crippen molar-refractivity contribution in [2.75, 3.05) is 5.32 Å². The molecule has 1 nitrogen and oxygen atoms in total. The first-order valence-electron chi connectivity index (χ1n) is 7.22. The molecule has 2 aliphatic rings. The van der Waals surface area contributed by atoms with E-state index in [0.717, 1.165) is 16.5 Å². The lowest BCUT2D eigenvalue weighted by Crippen LogP contribution is -2.29. The highest BCUT2D eigenvalue weighted by molar-refractivity contribution is 9.10. The number of para-hydroxylation sites is 1. The minimum absolute atomic E-state index is 0.130. The van der Waals surface area contributed by atoms with Crippen molar-refractivity contribution < 1.29 is 4.39 Å². The largest absolute Gasteiger partial charge is 0.375 e. The Labute approximate surface area is 132 Å². The summed E-state index contributed by atoms with van der Waals surface area (Å²) in [6.07, 6.45) is 5.48. The van der Waals surface area contributed by atoms with Gasteiger partial charge >= 0.3 is 0 Å². The summed E-state index contributed by atoms with van der Waals surface area (Å²) in [5.41, 5.74) is 2.94. The number of hydrogen-bond donors (Lipinski definition) is 1. The zero-order chi connectivity index (χ0) is 14.4. The maximum atomic E-state index is 14.2. The van der Waals surface area contributed by atoms with Crippen molar-refractivity contribution in [2.24, 2.45) is 5.92 Å². The summed E-state index contributed by atoms with van der Waals surface area (Å²) in [4.78, 5) is 0. The Bertz CT molecular complexity index is 725. The topological polar surface area (TPSA) is 12.0 Å². The molecule has 2 aromatic carbocycles. The number of hydrogen-bond acceptors (Lipinski definition) is 1. The van der Waals surface area contributed by atoms with E-state index in [9.17, 15) is 4.39 Å². The maximum Gasteiger partial charge on any atom is 0.146 e. The number of halogens is 2. The van der Waals surface area contributed by atoms with E-state index in [2.05, 4.69) is 39.5 Å². The average molecular weight is 344 g/mol. The first kappa shape index (κ1) is 13.1. The molecule has 1 aliphatic carbocycles. The Hall–Kier alpha value is -1.61. The van der Waals surface area contributed by atoms with Crippen LogP contribution in [-0.4, -0.2) is 0 Å². The predicted octanol–water partition coefficient (Wildman–Crippen LogP) is 5.41. The van der Waals surface area contributed by atoms with Crippen molar-refractivity contribution in [1.29, 1.82) is 0 Å². The zero-order valence-electron chi connectivity index (χ0n) is 11.4. The van der Waals surface area contributed by atoms with Gasteiger partial charge in [0.1, 0.15) is 5.82 Å². The van der Waals surface area contributed by atoms with Crippen LogP contribution in [0.2, 0.25) is 0 Å². The summed E-state index contributed by atoms with van der Waals surface area (Å²) in [5.74, 6) is 0.579. The molecule has 0 amide bonds. The van der Waals surface area contributed by atoms with Gasteiger partial charge in [-0.15, -0.1) is 0 Å². The minimum atomic E-state index is -0.164. The summed E-state index contributed by atoms with van der Waals surface area (Å²) >= 11 is 3.63. The van der Waals surface area contributed by atoms with Gasteiger partial charge in [0.2, 0.25) is 0 Å². The van der Waals surface area contributed by atoms with Gasteiger partial charge in [0.15, 0.2) is 0 Å². The number of anilines is 1. The van der Waals surface area contributed by atoms with E-state index in [0.29, 0.717) is 17.5 Å². The lowest BCUT2D eigenvalue weighted by Gasteiger charge is -2.38. The Morgan fingerprint density at radius 2 is 1.86 bits per heavy atom. The number of fused-ring (bicyclic) bond motifs is 3. The standard InChI is InChI=1S/C18H15BrFN/c19-15-9-2-1-5-14(15)17-12-7-3-6-11(12)13-8-4-10-16(20)18(13)21-17/h1-6,8-12,17,21H,7H2/t11-,12+,17-/m1/s1. The fourth-order valence-corrected chi connectivity index (χ4v) is 4.15. The van der Waals surface area contributed by atoms with E-state index in [-0.39, 0.29) is 11.9 Å². The van der Waals surface area contributed by atoms with Gasteiger partial charge in [-0.25, -0.2) is 4.39 Å². The monoisotopic (exact) mass is 343 g/mol. The molecule has 0 bridgehead atoms. The Kier molecular flexibility index (Phi) is 3.11. The molecule has 0 saturated carbocycles. The third-order valence-electron chi connectivity index (χ3n) is 4.59. The van der Waals surface area contributed by atoms with Crippen LogP contribution < -0.4 is 5.32 Å². The fraction of sp³-hybridized carbons (Fsp3) is 0.222. The van der Waals surface area contributed by atoms with Crippen molar-refractivity contribution in [2.45, 2.75) is 18.4 Å². The molecular formula is C18H15BrFN. The summed E-state index contributed by atoms with van der Waals surface area (Å²) in [6.45, 7) is 0. The minimum Gasteiger partial charge on any atom is -0.375 e. The smallest absolute Gasteiger partial charge is 0.146 e. The van der Waals surface area contributed by atoms with Gasteiger partial charge in [0.25, 0.3) is 0 Å². The van der Waals surface area contributed by atoms with E-state index < -0.39 is 0 Å². The number of nitrogens with one attached hydrogen (secondary N) is 1. The Morgan fingerprint density at radius 1 is 1.05 bits per heavy atom. The van der Waals surface area contributed by atoms with Crippen molar-refractivity contribution >= 4 is 21.6 Å². The van der Waals surface area contributed by atoms with Crippen LogP contribution in [0.3, 0.4) is 0 Å². The van der Waals surface area contributed by atoms with E-state index >= 15 is 0 Å². The van der Waals surface area contributed by atoms with Gasteiger partial charge < -0.3 is 5.32 Å².